The maximum absolute atomic E-state index is 10.8. The lowest BCUT2D eigenvalue weighted by molar-refractivity contribution is -0.385. The number of benzene rings is 1. The number of hydrogen-bond donors (Lipinski definition) is 1. The molecule has 0 radical (unpaired) electrons. The minimum absolute atomic E-state index is 0.101. The maximum Gasteiger partial charge on any atom is 0.311 e. The van der Waals surface area contributed by atoms with Gasteiger partial charge in [0.1, 0.15) is 0 Å². The van der Waals surface area contributed by atoms with Crippen LogP contribution in [0.4, 0.5) is 11.4 Å². The SMILES string of the molecule is Nc1cc(Br)cnc1Oc1ccccc1[N+](=O)[O-]. The fourth-order valence-corrected chi connectivity index (χ4v) is 1.68. The number of hydrogen-bond acceptors (Lipinski definition) is 5. The Balaban J connectivity index is 2.37. The van der Waals surface area contributed by atoms with E-state index in [1.807, 2.05) is 0 Å². The predicted octanol–water partition coefficient (Wildman–Crippen LogP) is 3.13. The molecule has 1 aromatic heterocycles. The van der Waals surface area contributed by atoms with Crippen LogP contribution in [0.2, 0.25) is 0 Å². The molecule has 0 bridgehead atoms. The van der Waals surface area contributed by atoms with E-state index in [0.29, 0.717) is 10.2 Å². The first kappa shape index (κ1) is 12.3. The van der Waals surface area contributed by atoms with Crippen LogP contribution in [-0.4, -0.2) is 9.91 Å². The zero-order valence-electron chi connectivity index (χ0n) is 9.04. The fourth-order valence-electron chi connectivity index (χ4n) is 1.33. The number of rotatable bonds is 3. The van der Waals surface area contributed by atoms with Crippen molar-refractivity contribution in [1.82, 2.24) is 4.98 Å². The number of nitrogen functional groups attached to an aromatic ring is 1. The van der Waals surface area contributed by atoms with Gasteiger partial charge >= 0.3 is 5.69 Å². The first-order valence-electron chi connectivity index (χ1n) is 4.90. The number of para-hydroxylation sites is 2. The van der Waals surface area contributed by atoms with Crippen LogP contribution in [0.1, 0.15) is 0 Å². The molecule has 0 fully saturated rings. The van der Waals surface area contributed by atoms with E-state index in [9.17, 15) is 10.1 Å². The molecular weight excluding hydrogens is 302 g/mol. The van der Waals surface area contributed by atoms with Crippen LogP contribution in [0, 0.1) is 10.1 Å². The van der Waals surface area contributed by atoms with Gasteiger partial charge in [-0.2, -0.15) is 0 Å². The lowest BCUT2D eigenvalue weighted by atomic mass is 10.3. The minimum atomic E-state index is -0.523. The fraction of sp³-hybridized carbons (Fsp3) is 0. The molecule has 0 saturated heterocycles. The van der Waals surface area contributed by atoms with Crippen molar-refractivity contribution in [3.05, 3.63) is 51.1 Å². The molecule has 0 spiro atoms. The van der Waals surface area contributed by atoms with E-state index in [1.165, 1.54) is 18.3 Å². The molecule has 2 aromatic rings. The lowest BCUT2D eigenvalue weighted by Gasteiger charge is -2.07. The lowest BCUT2D eigenvalue weighted by Crippen LogP contribution is -1.97. The van der Waals surface area contributed by atoms with E-state index < -0.39 is 4.92 Å². The third-order valence-electron chi connectivity index (χ3n) is 2.11. The quantitative estimate of drug-likeness (QED) is 0.694. The second-order valence-corrected chi connectivity index (χ2v) is 4.29. The van der Waals surface area contributed by atoms with Gasteiger partial charge in [-0.25, -0.2) is 4.98 Å². The van der Waals surface area contributed by atoms with Crippen molar-refractivity contribution < 1.29 is 9.66 Å². The average Bonchev–Trinajstić information content (AvgIpc) is 2.33. The van der Waals surface area contributed by atoms with Gasteiger partial charge in [0, 0.05) is 16.7 Å². The molecule has 0 amide bonds. The topological polar surface area (TPSA) is 91.3 Å². The number of nitro benzene ring substituents is 1. The van der Waals surface area contributed by atoms with Crippen molar-refractivity contribution in [2.75, 3.05) is 5.73 Å². The number of halogens is 1. The van der Waals surface area contributed by atoms with Crippen LogP contribution >= 0.6 is 15.9 Å². The van der Waals surface area contributed by atoms with Crippen LogP contribution in [-0.2, 0) is 0 Å². The normalized spacial score (nSPS) is 10.1. The molecule has 2 rings (SSSR count). The minimum Gasteiger partial charge on any atom is -0.430 e. The van der Waals surface area contributed by atoms with Crippen molar-refractivity contribution in [2.45, 2.75) is 0 Å². The molecule has 7 heteroatoms. The first-order chi connectivity index (χ1) is 8.58. The van der Waals surface area contributed by atoms with Crippen LogP contribution in [0.5, 0.6) is 11.6 Å². The molecule has 1 aromatic carbocycles. The maximum atomic E-state index is 10.8. The summed E-state index contributed by atoms with van der Waals surface area (Å²) in [6.45, 7) is 0. The van der Waals surface area contributed by atoms with Crippen molar-refractivity contribution in [3.8, 4) is 11.6 Å². The summed E-state index contributed by atoms with van der Waals surface area (Å²) in [4.78, 5) is 14.3. The van der Waals surface area contributed by atoms with Gasteiger partial charge in [-0.15, -0.1) is 0 Å². The van der Waals surface area contributed by atoms with E-state index in [0.717, 1.165) is 0 Å². The number of nitrogens with zero attached hydrogens (tertiary/aromatic N) is 2. The van der Waals surface area contributed by atoms with Gasteiger partial charge in [-0.05, 0) is 28.1 Å². The highest BCUT2D eigenvalue weighted by molar-refractivity contribution is 9.10. The highest BCUT2D eigenvalue weighted by Gasteiger charge is 2.16. The summed E-state index contributed by atoms with van der Waals surface area (Å²) in [6, 6.07) is 7.64. The average molecular weight is 310 g/mol. The Morgan fingerprint density at radius 3 is 2.78 bits per heavy atom. The Morgan fingerprint density at radius 1 is 1.39 bits per heavy atom. The third-order valence-corrected chi connectivity index (χ3v) is 2.55. The first-order valence-corrected chi connectivity index (χ1v) is 5.69. The van der Waals surface area contributed by atoms with E-state index in [-0.39, 0.29) is 17.3 Å². The number of pyridine rings is 1. The Bertz CT molecular complexity index is 604. The number of ether oxygens (including phenoxy) is 1. The summed E-state index contributed by atoms with van der Waals surface area (Å²) < 4.78 is 6.06. The molecule has 6 nitrogen and oxygen atoms in total. The van der Waals surface area contributed by atoms with Gasteiger partial charge in [0.15, 0.2) is 0 Å². The number of anilines is 1. The van der Waals surface area contributed by atoms with Crippen molar-refractivity contribution in [1.29, 1.82) is 0 Å². The Hall–Kier alpha value is -2.15. The van der Waals surface area contributed by atoms with Gasteiger partial charge in [0.2, 0.25) is 11.6 Å². The standard InChI is InChI=1S/C11H8BrN3O3/c12-7-5-8(13)11(14-6-7)18-10-4-2-1-3-9(10)15(16)17/h1-6H,13H2. The zero-order valence-corrected chi connectivity index (χ0v) is 10.6. The van der Waals surface area contributed by atoms with Crippen LogP contribution in [0.15, 0.2) is 41.0 Å². The summed E-state index contributed by atoms with van der Waals surface area (Å²) in [5, 5.41) is 10.8. The molecule has 2 N–H and O–H groups in total. The molecular formula is C11H8BrN3O3. The second kappa shape index (κ2) is 5.01. The number of aromatic nitrogens is 1. The summed E-state index contributed by atoms with van der Waals surface area (Å²) in [6.07, 6.45) is 1.50. The van der Waals surface area contributed by atoms with Gasteiger partial charge < -0.3 is 10.5 Å². The Labute approximate surface area is 111 Å². The zero-order chi connectivity index (χ0) is 13.1. The Kier molecular flexibility index (Phi) is 3.42. The molecule has 0 saturated carbocycles. The smallest absolute Gasteiger partial charge is 0.311 e. The van der Waals surface area contributed by atoms with Crippen molar-refractivity contribution in [2.24, 2.45) is 0 Å². The number of nitrogens with two attached hydrogens (primary N) is 1. The summed E-state index contributed by atoms with van der Waals surface area (Å²) in [5.41, 5.74) is 5.86. The van der Waals surface area contributed by atoms with Gasteiger partial charge in [-0.3, -0.25) is 10.1 Å². The van der Waals surface area contributed by atoms with Crippen molar-refractivity contribution in [3.63, 3.8) is 0 Å². The van der Waals surface area contributed by atoms with Crippen LogP contribution < -0.4 is 10.5 Å². The molecule has 0 aliphatic rings. The molecule has 92 valence electrons. The summed E-state index contributed by atoms with van der Waals surface area (Å²) in [5.74, 6) is 0.233. The molecule has 0 aliphatic heterocycles. The van der Waals surface area contributed by atoms with E-state index in [4.69, 9.17) is 10.5 Å². The summed E-state index contributed by atoms with van der Waals surface area (Å²) in [7, 11) is 0. The monoisotopic (exact) mass is 309 g/mol. The van der Waals surface area contributed by atoms with Crippen LogP contribution in [0.25, 0.3) is 0 Å². The Morgan fingerprint density at radius 2 is 2.11 bits per heavy atom. The second-order valence-electron chi connectivity index (χ2n) is 3.37. The highest BCUT2D eigenvalue weighted by atomic mass is 79.9. The largest absolute Gasteiger partial charge is 0.430 e. The van der Waals surface area contributed by atoms with Gasteiger partial charge in [-0.1, -0.05) is 12.1 Å². The molecule has 18 heavy (non-hydrogen) atoms. The summed E-state index contributed by atoms with van der Waals surface area (Å²) >= 11 is 3.21. The van der Waals surface area contributed by atoms with Gasteiger partial charge in [0.05, 0.1) is 10.6 Å². The van der Waals surface area contributed by atoms with Gasteiger partial charge in [0.25, 0.3) is 0 Å². The molecule has 0 atom stereocenters. The highest BCUT2D eigenvalue weighted by Crippen LogP contribution is 2.32. The third kappa shape index (κ3) is 2.57. The van der Waals surface area contributed by atoms with Crippen LogP contribution in [0.3, 0.4) is 0 Å². The van der Waals surface area contributed by atoms with E-state index in [1.54, 1.807) is 18.2 Å². The van der Waals surface area contributed by atoms with E-state index in [2.05, 4.69) is 20.9 Å². The predicted molar refractivity (Wildman–Crippen MR) is 69.5 cm³/mol. The molecule has 1 heterocycles. The number of nitro groups is 1. The molecule has 0 aliphatic carbocycles. The van der Waals surface area contributed by atoms with E-state index >= 15 is 0 Å². The molecule has 0 unspecified atom stereocenters. The van der Waals surface area contributed by atoms with Crippen molar-refractivity contribution >= 4 is 27.3 Å².